The summed E-state index contributed by atoms with van der Waals surface area (Å²) in [5, 5.41) is 10.8. The molecular formula is C10H11F3N2O3. The molecule has 5 nitrogen and oxygen atoms in total. The highest BCUT2D eigenvalue weighted by Crippen LogP contribution is 2.34. The molecule has 100 valence electrons. The molecule has 0 heterocycles. The fourth-order valence-corrected chi connectivity index (χ4v) is 1.46. The van der Waals surface area contributed by atoms with Crippen molar-refractivity contribution in [1.29, 1.82) is 0 Å². The van der Waals surface area contributed by atoms with Crippen LogP contribution in [0.1, 0.15) is 17.2 Å². The van der Waals surface area contributed by atoms with Crippen LogP contribution >= 0.6 is 0 Å². The summed E-state index contributed by atoms with van der Waals surface area (Å²) in [6, 6.07) is 1.39. The third-order valence-electron chi connectivity index (χ3n) is 2.30. The lowest BCUT2D eigenvalue weighted by Crippen LogP contribution is -2.18. The van der Waals surface area contributed by atoms with Crippen LogP contribution in [0.3, 0.4) is 0 Å². The highest BCUT2D eigenvalue weighted by Gasteiger charge is 2.33. The van der Waals surface area contributed by atoms with Gasteiger partial charge in [-0.3, -0.25) is 10.1 Å². The minimum Gasteiger partial charge on any atom is -0.383 e. The number of halogens is 3. The van der Waals surface area contributed by atoms with Crippen LogP contribution in [0.5, 0.6) is 0 Å². The quantitative estimate of drug-likeness (QED) is 0.668. The van der Waals surface area contributed by atoms with Crippen LogP contribution in [-0.2, 0) is 10.9 Å². The monoisotopic (exact) mass is 264 g/mol. The Labute approximate surface area is 100 Å². The van der Waals surface area contributed by atoms with Crippen LogP contribution in [0.4, 0.5) is 18.9 Å². The van der Waals surface area contributed by atoms with Gasteiger partial charge in [-0.1, -0.05) is 0 Å². The van der Waals surface area contributed by atoms with E-state index in [0.717, 1.165) is 12.1 Å². The fraction of sp³-hybridized carbons (Fsp3) is 0.400. The minimum atomic E-state index is -4.63. The molecule has 0 radical (unpaired) electrons. The SMILES string of the molecule is COCC(N)c1ccc(C(F)(F)F)cc1[N+](=O)[O-]. The summed E-state index contributed by atoms with van der Waals surface area (Å²) < 4.78 is 42.0. The van der Waals surface area contributed by atoms with Crippen LogP contribution < -0.4 is 5.73 Å². The Bertz CT molecular complexity index is 448. The van der Waals surface area contributed by atoms with Gasteiger partial charge in [-0.25, -0.2) is 0 Å². The average molecular weight is 264 g/mol. The van der Waals surface area contributed by atoms with Crippen molar-refractivity contribution < 1.29 is 22.8 Å². The maximum absolute atomic E-state index is 12.4. The molecule has 18 heavy (non-hydrogen) atoms. The number of nitro groups is 1. The van der Waals surface area contributed by atoms with Gasteiger partial charge in [0.15, 0.2) is 0 Å². The van der Waals surface area contributed by atoms with E-state index in [1.807, 2.05) is 0 Å². The molecule has 0 aliphatic rings. The van der Waals surface area contributed by atoms with Gasteiger partial charge >= 0.3 is 6.18 Å². The van der Waals surface area contributed by atoms with Gasteiger partial charge in [0.05, 0.1) is 23.1 Å². The number of rotatable bonds is 4. The Balaban J connectivity index is 3.25. The molecule has 0 spiro atoms. The number of nitrogens with two attached hydrogens (primary N) is 1. The van der Waals surface area contributed by atoms with Gasteiger partial charge in [0.25, 0.3) is 5.69 Å². The molecule has 1 aromatic carbocycles. The van der Waals surface area contributed by atoms with Crippen molar-refractivity contribution in [1.82, 2.24) is 0 Å². The zero-order valence-corrected chi connectivity index (χ0v) is 9.40. The maximum Gasteiger partial charge on any atom is 0.416 e. The van der Waals surface area contributed by atoms with E-state index in [0.29, 0.717) is 6.07 Å². The number of ether oxygens (including phenoxy) is 1. The van der Waals surface area contributed by atoms with E-state index >= 15 is 0 Å². The Morgan fingerprint density at radius 3 is 2.56 bits per heavy atom. The third-order valence-corrected chi connectivity index (χ3v) is 2.30. The third kappa shape index (κ3) is 3.17. The van der Waals surface area contributed by atoms with E-state index in [-0.39, 0.29) is 12.2 Å². The molecule has 1 atom stereocenters. The van der Waals surface area contributed by atoms with Crippen LogP contribution in [0, 0.1) is 10.1 Å². The lowest BCUT2D eigenvalue weighted by molar-refractivity contribution is -0.386. The molecule has 0 amide bonds. The van der Waals surface area contributed by atoms with Gasteiger partial charge in [0.1, 0.15) is 0 Å². The first-order valence-corrected chi connectivity index (χ1v) is 4.87. The Hall–Kier alpha value is -1.67. The van der Waals surface area contributed by atoms with Crippen LogP contribution in [-0.4, -0.2) is 18.6 Å². The van der Waals surface area contributed by atoms with Gasteiger partial charge < -0.3 is 10.5 Å². The van der Waals surface area contributed by atoms with Crippen molar-refractivity contribution in [2.45, 2.75) is 12.2 Å². The molecule has 0 bridgehead atoms. The van der Waals surface area contributed by atoms with Gasteiger partial charge in [0, 0.05) is 18.7 Å². The first-order chi connectivity index (χ1) is 8.27. The molecule has 1 unspecified atom stereocenters. The van der Waals surface area contributed by atoms with E-state index in [1.54, 1.807) is 0 Å². The standard InChI is InChI=1S/C10H11F3N2O3/c1-18-5-8(14)7-3-2-6(10(11,12)13)4-9(7)15(16)17/h2-4,8H,5,14H2,1H3. The molecule has 0 aromatic heterocycles. The molecule has 2 N–H and O–H groups in total. The highest BCUT2D eigenvalue weighted by molar-refractivity contribution is 5.46. The summed E-state index contributed by atoms with van der Waals surface area (Å²) in [6.45, 7) is -0.0216. The van der Waals surface area contributed by atoms with Gasteiger partial charge in [-0.15, -0.1) is 0 Å². The Morgan fingerprint density at radius 2 is 2.11 bits per heavy atom. The summed E-state index contributed by atoms with van der Waals surface area (Å²) in [5.74, 6) is 0. The summed E-state index contributed by atoms with van der Waals surface area (Å²) in [6.07, 6.45) is -4.63. The van der Waals surface area contributed by atoms with Crippen LogP contribution in [0.15, 0.2) is 18.2 Å². The summed E-state index contributed by atoms with van der Waals surface area (Å²) in [5.41, 5.74) is 3.86. The van der Waals surface area contributed by atoms with Crippen LogP contribution in [0.25, 0.3) is 0 Å². The molecule has 0 aliphatic heterocycles. The van der Waals surface area contributed by atoms with Crippen molar-refractivity contribution in [2.75, 3.05) is 13.7 Å². The number of nitro benzene ring substituents is 1. The lowest BCUT2D eigenvalue weighted by atomic mass is 10.0. The Morgan fingerprint density at radius 1 is 1.50 bits per heavy atom. The van der Waals surface area contributed by atoms with Gasteiger partial charge in [-0.05, 0) is 12.1 Å². The zero-order valence-electron chi connectivity index (χ0n) is 9.40. The normalized spacial score (nSPS) is 13.4. The average Bonchev–Trinajstić information content (AvgIpc) is 2.27. The molecular weight excluding hydrogens is 253 g/mol. The van der Waals surface area contributed by atoms with Crippen molar-refractivity contribution in [3.63, 3.8) is 0 Å². The topological polar surface area (TPSA) is 78.4 Å². The Kier molecular flexibility index (Phi) is 4.25. The largest absolute Gasteiger partial charge is 0.416 e. The first-order valence-electron chi connectivity index (χ1n) is 4.87. The smallest absolute Gasteiger partial charge is 0.383 e. The van der Waals surface area contributed by atoms with E-state index in [4.69, 9.17) is 10.5 Å². The van der Waals surface area contributed by atoms with Crippen molar-refractivity contribution >= 4 is 5.69 Å². The number of hydrogen-bond donors (Lipinski definition) is 1. The fourth-order valence-electron chi connectivity index (χ4n) is 1.46. The molecule has 1 aromatic rings. The van der Waals surface area contributed by atoms with E-state index in [9.17, 15) is 23.3 Å². The summed E-state index contributed by atoms with van der Waals surface area (Å²) in [7, 11) is 1.34. The second-order valence-corrected chi connectivity index (χ2v) is 3.59. The predicted octanol–water partition coefficient (Wildman–Crippen LogP) is 2.26. The number of methoxy groups -OCH3 is 1. The second kappa shape index (κ2) is 5.32. The van der Waals surface area contributed by atoms with Crippen molar-refractivity contribution in [3.05, 3.63) is 39.4 Å². The summed E-state index contributed by atoms with van der Waals surface area (Å²) in [4.78, 5) is 9.86. The predicted molar refractivity (Wildman–Crippen MR) is 56.9 cm³/mol. The van der Waals surface area contributed by atoms with Gasteiger partial charge in [-0.2, -0.15) is 13.2 Å². The zero-order chi connectivity index (χ0) is 13.9. The maximum atomic E-state index is 12.4. The summed E-state index contributed by atoms with van der Waals surface area (Å²) >= 11 is 0. The van der Waals surface area contributed by atoms with Crippen molar-refractivity contribution in [3.8, 4) is 0 Å². The molecule has 0 saturated heterocycles. The van der Waals surface area contributed by atoms with Crippen LogP contribution in [0.2, 0.25) is 0 Å². The molecule has 0 saturated carbocycles. The highest BCUT2D eigenvalue weighted by atomic mass is 19.4. The van der Waals surface area contributed by atoms with E-state index in [1.165, 1.54) is 7.11 Å². The number of benzene rings is 1. The molecule has 8 heteroatoms. The molecule has 1 rings (SSSR count). The van der Waals surface area contributed by atoms with Crippen molar-refractivity contribution in [2.24, 2.45) is 5.73 Å². The van der Waals surface area contributed by atoms with Gasteiger partial charge in [0.2, 0.25) is 0 Å². The lowest BCUT2D eigenvalue weighted by Gasteiger charge is -2.13. The molecule has 0 aliphatic carbocycles. The second-order valence-electron chi connectivity index (χ2n) is 3.59. The first kappa shape index (κ1) is 14.4. The minimum absolute atomic E-state index is 0.00912. The number of alkyl halides is 3. The molecule has 0 fully saturated rings. The van der Waals surface area contributed by atoms with E-state index in [2.05, 4.69) is 0 Å². The number of hydrogen-bond acceptors (Lipinski definition) is 4. The van der Waals surface area contributed by atoms with E-state index < -0.39 is 28.4 Å². The number of nitrogens with zero attached hydrogens (tertiary/aromatic N) is 1.